The summed E-state index contributed by atoms with van der Waals surface area (Å²) in [7, 11) is 0.684. The van der Waals surface area contributed by atoms with Gasteiger partial charge in [0.25, 0.3) is 5.91 Å². The zero-order valence-electron chi connectivity index (χ0n) is 21.8. The van der Waals surface area contributed by atoms with Crippen molar-refractivity contribution in [3.05, 3.63) is 45.8 Å². The number of fused-ring (bicyclic) bond motifs is 2. The molecule has 2 aromatic rings. The summed E-state index contributed by atoms with van der Waals surface area (Å²) in [6.45, 7) is 4.49. The number of benzene rings is 1. The molecule has 2 saturated heterocycles. The van der Waals surface area contributed by atoms with Gasteiger partial charge in [-0.2, -0.15) is 4.31 Å². The van der Waals surface area contributed by atoms with Crippen LogP contribution in [0.15, 0.2) is 12.1 Å². The number of aromatic amines is 1. The van der Waals surface area contributed by atoms with Crippen LogP contribution in [0.3, 0.4) is 0 Å². The Bertz CT molecular complexity index is 1430. The Hall–Kier alpha value is -2.56. The Morgan fingerprint density at radius 1 is 1.16 bits per heavy atom. The zero-order valence-corrected chi connectivity index (χ0v) is 22.7. The first-order valence-electron chi connectivity index (χ1n) is 13.2. The highest BCUT2D eigenvalue weighted by atomic mass is 32.2. The highest BCUT2D eigenvalue weighted by molar-refractivity contribution is 7.88. The second-order valence-electron chi connectivity index (χ2n) is 11.5. The molecule has 10 heteroatoms. The number of H-pyrrole nitrogens is 1. The maximum absolute atomic E-state index is 13.7. The molecule has 1 aromatic heterocycles. The van der Waals surface area contributed by atoms with Gasteiger partial charge in [-0.1, -0.05) is 6.07 Å². The lowest BCUT2D eigenvalue weighted by atomic mass is 9.51. The number of nitrogens with zero attached hydrogens (tertiary/aromatic N) is 3. The van der Waals surface area contributed by atoms with E-state index >= 15 is 0 Å². The van der Waals surface area contributed by atoms with E-state index in [0.29, 0.717) is 43.8 Å². The number of aromatic nitrogens is 1. The lowest BCUT2D eigenvalue weighted by Crippen LogP contribution is -2.62. The Balaban J connectivity index is 1.30. The van der Waals surface area contributed by atoms with Gasteiger partial charge in [0.15, 0.2) is 11.5 Å². The van der Waals surface area contributed by atoms with Crippen LogP contribution in [0.5, 0.6) is 11.5 Å². The van der Waals surface area contributed by atoms with Crippen molar-refractivity contribution in [2.45, 2.75) is 43.7 Å². The van der Waals surface area contributed by atoms with Crippen molar-refractivity contribution in [1.82, 2.24) is 19.1 Å². The molecular formula is C27H34N4O5S. The molecule has 1 amide bonds. The van der Waals surface area contributed by atoms with E-state index in [1.54, 1.807) is 12.0 Å². The number of amides is 1. The number of sulfonamides is 1. The molecule has 9 nitrogen and oxygen atoms in total. The molecule has 1 aromatic carbocycles. The Kier molecular flexibility index (Phi) is 4.92. The van der Waals surface area contributed by atoms with Crippen molar-refractivity contribution in [2.75, 3.05) is 53.1 Å². The fraction of sp³-hybridized carbons (Fsp3) is 0.593. The summed E-state index contributed by atoms with van der Waals surface area (Å²) < 4.78 is 37.9. The van der Waals surface area contributed by atoms with Crippen molar-refractivity contribution in [3.8, 4) is 11.5 Å². The summed E-state index contributed by atoms with van der Waals surface area (Å²) in [6, 6.07) is 4.68. The quantitative estimate of drug-likeness (QED) is 0.656. The average Bonchev–Trinajstić information content (AvgIpc) is 3.40. The number of piperazine rings is 1. The molecule has 4 heterocycles. The van der Waals surface area contributed by atoms with Crippen molar-refractivity contribution < 1.29 is 22.7 Å². The van der Waals surface area contributed by atoms with E-state index in [2.05, 4.69) is 23.0 Å². The molecule has 2 fully saturated rings. The van der Waals surface area contributed by atoms with Gasteiger partial charge in [0.05, 0.1) is 19.1 Å². The van der Waals surface area contributed by atoms with E-state index in [9.17, 15) is 13.2 Å². The molecule has 37 heavy (non-hydrogen) atoms. The molecule has 5 aliphatic rings. The van der Waals surface area contributed by atoms with Gasteiger partial charge < -0.3 is 24.3 Å². The van der Waals surface area contributed by atoms with Crippen LogP contribution in [-0.4, -0.2) is 92.6 Å². The van der Waals surface area contributed by atoms with Crippen LogP contribution in [0.1, 0.15) is 51.0 Å². The highest BCUT2D eigenvalue weighted by Gasteiger charge is 2.65. The SMILES string of the molecule is COc1ccc2c3c1O[C@H]1c4[nH]c(C(=O)N5CCN(S(C)(=O)=O)CC5)c(C)c4CC4[C@H](C2)N(C)CC[C@@]341. The third kappa shape index (κ3) is 3.03. The summed E-state index contributed by atoms with van der Waals surface area (Å²) >= 11 is 0. The van der Waals surface area contributed by atoms with Crippen LogP contribution in [-0.2, 0) is 28.3 Å². The number of likely N-dealkylation sites (tertiary alicyclic amines) is 1. The Morgan fingerprint density at radius 3 is 2.62 bits per heavy atom. The fourth-order valence-corrected chi connectivity index (χ4v) is 8.86. The first-order chi connectivity index (χ1) is 17.6. The number of piperidine rings is 1. The molecule has 7 rings (SSSR count). The lowest BCUT2D eigenvalue weighted by Gasteiger charge is -2.57. The summed E-state index contributed by atoms with van der Waals surface area (Å²) in [5, 5.41) is 0. The van der Waals surface area contributed by atoms with Crippen LogP contribution >= 0.6 is 0 Å². The minimum absolute atomic E-state index is 0.0607. The minimum atomic E-state index is -3.25. The number of nitrogens with one attached hydrogen (secondary N) is 1. The van der Waals surface area contributed by atoms with Crippen LogP contribution < -0.4 is 9.47 Å². The summed E-state index contributed by atoms with van der Waals surface area (Å²) in [5.41, 5.74) is 6.41. The number of ether oxygens (including phenoxy) is 2. The summed E-state index contributed by atoms with van der Waals surface area (Å²) in [4.78, 5) is 21.5. The molecule has 1 spiro atoms. The number of hydrogen-bond donors (Lipinski definition) is 1. The van der Waals surface area contributed by atoms with E-state index in [-0.39, 0.29) is 17.4 Å². The normalized spacial score (nSPS) is 30.5. The second-order valence-corrected chi connectivity index (χ2v) is 13.4. The van der Waals surface area contributed by atoms with Gasteiger partial charge in [-0.25, -0.2) is 8.42 Å². The standard InChI is InChI=1S/C27H34N4O5S/c1-15-17-14-18-19-13-16-5-6-20(35-3)24-21(16)27(18,7-8-29(19)2)25(36-24)23(17)28-22(15)26(32)30-9-11-31(12-10-30)37(4,33)34/h5-6,18-19,25,28H,7-14H2,1-4H3/t18?,19-,25-,27-/m0/s1. The Morgan fingerprint density at radius 2 is 1.92 bits per heavy atom. The van der Waals surface area contributed by atoms with E-state index in [0.717, 1.165) is 48.6 Å². The number of likely N-dealkylation sites (N-methyl/N-ethyl adjacent to an activating group) is 1. The van der Waals surface area contributed by atoms with E-state index in [4.69, 9.17) is 9.47 Å². The van der Waals surface area contributed by atoms with Crippen LogP contribution in [0, 0.1) is 12.8 Å². The average molecular weight is 527 g/mol. The second kappa shape index (κ2) is 7.74. The topological polar surface area (TPSA) is 95.2 Å². The van der Waals surface area contributed by atoms with E-state index in [1.165, 1.54) is 27.3 Å². The van der Waals surface area contributed by atoms with Crippen molar-refractivity contribution in [3.63, 3.8) is 0 Å². The molecule has 0 radical (unpaired) electrons. The van der Waals surface area contributed by atoms with Gasteiger partial charge in [0.2, 0.25) is 10.0 Å². The molecule has 1 unspecified atom stereocenters. The first-order valence-corrected chi connectivity index (χ1v) is 15.0. The molecule has 3 aliphatic heterocycles. The van der Waals surface area contributed by atoms with Crippen molar-refractivity contribution in [2.24, 2.45) is 5.92 Å². The van der Waals surface area contributed by atoms with Crippen molar-refractivity contribution >= 4 is 15.9 Å². The van der Waals surface area contributed by atoms with Crippen molar-refractivity contribution in [1.29, 1.82) is 0 Å². The van der Waals surface area contributed by atoms with Gasteiger partial charge in [-0.15, -0.1) is 0 Å². The van der Waals surface area contributed by atoms with Crippen LogP contribution in [0.4, 0.5) is 0 Å². The number of rotatable bonds is 3. The molecule has 4 atom stereocenters. The van der Waals surface area contributed by atoms with Gasteiger partial charge in [-0.3, -0.25) is 4.79 Å². The largest absolute Gasteiger partial charge is 0.493 e. The number of carbonyl (C=O) groups excluding carboxylic acids is 1. The third-order valence-electron chi connectivity index (χ3n) is 9.90. The maximum atomic E-state index is 13.7. The molecule has 2 aliphatic carbocycles. The van der Waals surface area contributed by atoms with Crippen LogP contribution in [0.25, 0.3) is 0 Å². The predicted octanol–water partition coefficient (Wildman–Crippen LogP) is 1.85. The predicted molar refractivity (Wildman–Crippen MR) is 138 cm³/mol. The molecule has 2 bridgehead atoms. The monoisotopic (exact) mass is 526 g/mol. The zero-order chi connectivity index (χ0) is 25.9. The third-order valence-corrected chi connectivity index (χ3v) is 11.2. The molecule has 0 saturated carbocycles. The summed E-state index contributed by atoms with van der Waals surface area (Å²) in [5.74, 6) is 2.00. The lowest BCUT2D eigenvalue weighted by molar-refractivity contribution is -0.0256. The number of carbonyl (C=O) groups is 1. The summed E-state index contributed by atoms with van der Waals surface area (Å²) in [6.07, 6.45) is 3.97. The first kappa shape index (κ1) is 23.5. The number of methoxy groups -OCH3 is 1. The highest BCUT2D eigenvalue weighted by Crippen LogP contribution is 2.67. The van der Waals surface area contributed by atoms with E-state index < -0.39 is 10.0 Å². The Labute approximate surface area is 217 Å². The van der Waals surface area contributed by atoms with Gasteiger partial charge >= 0.3 is 0 Å². The van der Waals surface area contributed by atoms with Gasteiger partial charge in [0.1, 0.15) is 11.8 Å². The number of hydrogen-bond acceptors (Lipinski definition) is 6. The molecular weight excluding hydrogens is 492 g/mol. The molecule has 1 N–H and O–H groups in total. The minimum Gasteiger partial charge on any atom is -0.493 e. The van der Waals surface area contributed by atoms with Gasteiger partial charge in [-0.05, 0) is 68.5 Å². The maximum Gasteiger partial charge on any atom is 0.270 e. The van der Waals surface area contributed by atoms with Gasteiger partial charge in [0, 0.05) is 43.2 Å². The fourth-order valence-electron chi connectivity index (χ4n) is 8.03. The van der Waals surface area contributed by atoms with E-state index in [1.807, 2.05) is 13.0 Å². The smallest absolute Gasteiger partial charge is 0.270 e. The molecule has 198 valence electrons. The van der Waals surface area contributed by atoms with Crippen LogP contribution in [0.2, 0.25) is 0 Å².